The summed E-state index contributed by atoms with van der Waals surface area (Å²) in [5, 5.41) is 12.5. The Kier molecular flexibility index (Phi) is 8.58. The highest BCUT2D eigenvalue weighted by Gasteiger charge is 2.15. The van der Waals surface area contributed by atoms with Crippen molar-refractivity contribution in [2.75, 3.05) is 19.5 Å². The predicted molar refractivity (Wildman–Crippen MR) is 137 cm³/mol. The predicted octanol–water partition coefficient (Wildman–Crippen LogP) is 6.09. The van der Waals surface area contributed by atoms with Crippen molar-refractivity contribution in [3.05, 3.63) is 86.0 Å². The molecular formula is C25H20ClIN2O4. The molecule has 0 saturated carbocycles. The van der Waals surface area contributed by atoms with Crippen molar-refractivity contribution in [2.45, 2.75) is 6.61 Å². The van der Waals surface area contributed by atoms with Gasteiger partial charge in [-0.05, 0) is 88.3 Å². The standard InChI is InChI=1S/C25H20ClIN2O4/c1-31-21-9-7-20(8-10-21)29-25(30)18(14-28)11-17-12-22(26)24(23(13-17)32-2)33-15-16-3-5-19(27)6-4-16/h3-13H,15H2,1-2H3,(H,29,30)/b18-11-. The zero-order valence-electron chi connectivity index (χ0n) is 17.9. The Morgan fingerprint density at radius 2 is 1.79 bits per heavy atom. The van der Waals surface area contributed by atoms with Crippen molar-refractivity contribution in [1.82, 2.24) is 0 Å². The lowest BCUT2D eigenvalue weighted by Crippen LogP contribution is -2.13. The van der Waals surface area contributed by atoms with Gasteiger partial charge in [-0.1, -0.05) is 23.7 Å². The highest BCUT2D eigenvalue weighted by atomic mass is 127. The van der Waals surface area contributed by atoms with Gasteiger partial charge >= 0.3 is 0 Å². The van der Waals surface area contributed by atoms with Crippen LogP contribution in [-0.4, -0.2) is 20.1 Å². The number of rotatable bonds is 8. The molecule has 0 aliphatic heterocycles. The first-order chi connectivity index (χ1) is 15.9. The number of hydrogen-bond acceptors (Lipinski definition) is 5. The van der Waals surface area contributed by atoms with E-state index in [1.54, 1.807) is 43.5 Å². The second kappa shape index (κ2) is 11.6. The Labute approximate surface area is 210 Å². The molecule has 0 aromatic heterocycles. The summed E-state index contributed by atoms with van der Waals surface area (Å²) >= 11 is 8.68. The van der Waals surface area contributed by atoms with E-state index in [0.717, 1.165) is 9.13 Å². The molecule has 0 bridgehead atoms. The van der Waals surface area contributed by atoms with Crippen LogP contribution in [0.5, 0.6) is 17.2 Å². The first kappa shape index (κ1) is 24.4. The quantitative estimate of drug-likeness (QED) is 0.200. The molecule has 33 heavy (non-hydrogen) atoms. The number of anilines is 1. The van der Waals surface area contributed by atoms with Gasteiger partial charge in [-0.3, -0.25) is 4.79 Å². The Morgan fingerprint density at radius 3 is 2.39 bits per heavy atom. The molecule has 3 rings (SSSR count). The van der Waals surface area contributed by atoms with Gasteiger partial charge in [-0.25, -0.2) is 0 Å². The normalized spacial score (nSPS) is 10.8. The third-order valence-electron chi connectivity index (χ3n) is 4.57. The summed E-state index contributed by atoms with van der Waals surface area (Å²) in [7, 11) is 3.06. The summed E-state index contributed by atoms with van der Waals surface area (Å²) in [6.07, 6.45) is 1.44. The fraction of sp³-hybridized carbons (Fsp3) is 0.120. The largest absolute Gasteiger partial charge is 0.497 e. The first-order valence-corrected chi connectivity index (χ1v) is 11.2. The van der Waals surface area contributed by atoms with E-state index in [-0.39, 0.29) is 5.57 Å². The number of hydrogen-bond donors (Lipinski definition) is 1. The summed E-state index contributed by atoms with van der Waals surface area (Å²) < 4.78 is 17.5. The van der Waals surface area contributed by atoms with Crippen molar-refractivity contribution in [3.63, 3.8) is 0 Å². The topological polar surface area (TPSA) is 80.6 Å². The van der Waals surface area contributed by atoms with Crippen LogP contribution >= 0.6 is 34.2 Å². The van der Waals surface area contributed by atoms with Gasteiger partial charge in [0, 0.05) is 9.26 Å². The second-order valence-electron chi connectivity index (χ2n) is 6.80. The monoisotopic (exact) mass is 574 g/mol. The van der Waals surface area contributed by atoms with Crippen molar-refractivity contribution >= 4 is 51.9 Å². The molecule has 3 aromatic rings. The summed E-state index contributed by atoms with van der Waals surface area (Å²) in [5.41, 5.74) is 1.97. The van der Waals surface area contributed by atoms with Crippen LogP contribution in [0.1, 0.15) is 11.1 Å². The fourth-order valence-electron chi connectivity index (χ4n) is 2.89. The molecule has 3 aromatic carbocycles. The lowest BCUT2D eigenvalue weighted by Gasteiger charge is -2.14. The number of halogens is 2. The minimum Gasteiger partial charge on any atom is -0.497 e. The van der Waals surface area contributed by atoms with Gasteiger partial charge in [-0.15, -0.1) is 0 Å². The Morgan fingerprint density at radius 1 is 1.09 bits per heavy atom. The lowest BCUT2D eigenvalue weighted by molar-refractivity contribution is -0.112. The van der Waals surface area contributed by atoms with E-state index in [1.165, 1.54) is 13.2 Å². The maximum absolute atomic E-state index is 12.6. The molecule has 6 nitrogen and oxygen atoms in total. The molecule has 0 saturated heterocycles. The third kappa shape index (κ3) is 6.63. The van der Waals surface area contributed by atoms with E-state index < -0.39 is 5.91 Å². The van der Waals surface area contributed by atoms with Gasteiger partial charge in [0.25, 0.3) is 5.91 Å². The molecule has 8 heteroatoms. The highest BCUT2D eigenvalue weighted by molar-refractivity contribution is 14.1. The van der Waals surface area contributed by atoms with Crippen LogP contribution in [0.25, 0.3) is 6.08 Å². The molecule has 168 valence electrons. The zero-order chi connectivity index (χ0) is 23.8. The number of nitriles is 1. The number of nitrogens with one attached hydrogen (secondary N) is 1. The van der Waals surface area contributed by atoms with Gasteiger partial charge in [0.2, 0.25) is 0 Å². The van der Waals surface area contributed by atoms with Crippen LogP contribution in [0, 0.1) is 14.9 Å². The number of ether oxygens (including phenoxy) is 3. The maximum Gasteiger partial charge on any atom is 0.266 e. The van der Waals surface area contributed by atoms with E-state index in [4.69, 9.17) is 25.8 Å². The zero-order valence-corrected chi connectivity index (χ0v) is 20.8. The van der Waals surface area contributed by atoms with Gasteiger partial charge in [0.05, 0.1) is 19.2 Å². The third-order valence-corrected chi connectivity index (χ3v) is 5.57. The summed E-state index contributed by atoms with van der Waals surface area (Å²) in [6, 6.07) is 19.9. The van der Waals surface area contributed by atoms with E-state index in [9.17, 15) is 10.1 Å². The molecule has 0 aliphatic carbocycles. The van der Waals surface area contributed by atoms with E-state index >= 15 is 0 Å². The molecule has 1 N–H and O–H groups in total. The highest BCUT2D eigenvalue weighted by Crippen LogP contribution is 2.37. The van der Waals surface area contributed by atoms with Crippen LogP contribution < -0.4 is 19.5 Å². The molecule has 0 atom stereocenters. The molecule has 0 fully saturated rings. The number of amides is 1. The van der Waals surface area contributed by atoms with Crippen LogP contribution in [0.15, 0.2) is 66.2 Å². The van der Waals surface area contributed by atoms with Gasteiger partial charge in [0.15, 0.2) is 11.5 Å². The van der Waals surface area contributed by atoms with Crippen LogP contribution in [-0.2, 0) is 11.4 Å². The molecular weight excluding hydrogens is 555 g/mol. The maximum atomic E-state index is 12.6. The van der Waals surface area contributed by atoms with E-state index in [2.05, 4.69) is 27.9 Å². The lowest BCUT2D eigenvalue weighted by atomic mass is 10.1. The minimum absolute atomic E-state index is 0.0866. The number of methoxy groups -OCH3 is 2. The minimum atomic E-state index is -0.545. The van der Waals surface area contributed by atoms with Crippen molar-refractivity contribution in [2.24, 2.45) is 0 Å². The number of nitrogens with zero attached hydrogens (tertiary/aromatic N) is 1. The van der Waals surface area contributed by atoms with Crippen LogP contribution in [0.2, 0.25) is 5.02 Å². The fourth-order valence-corrected chi connectivity index (χ4v) is 3.52. The Balaban J connectivity index is 1.79. The van der Waals surface area contributed by atoms with E-state index in [0.29, 0.717) is 40.1 Å². The van der Waals surface area contributed by atoms with Gasteiger partial charge in [0.1, 0.15) is 24.0 Å². The number of carbonyl (C=O) groups excluding carboxylic acids is 1. The molecule has 0 spiro atoms. The Hall–Kier alpha value is -3.22. The van der Waals surface area contributed by atoms with Crippen molar-refractivity contribution in [1.29, 1.82) is 5.26 Å². The smallest absolute Gasteiger partial charge is 0.266 e. The molecule has 0 radical (unpaired) electrons. The Bertz CT molecular complexity index is 1200. The number of carbonyl (C=O) groups is 1. The first-order valence-electron chi connectivity index (χ1n) is 9.75. The molecule has 0 heterocycles. The van der Waals surface area contributed by atoms with E-state index in [1.807, 2.05) is 30.3 Å². The molecule has 0 unspecified atom stereocenters. The number of benzene rings is 3. The average Bonchev–Trinajstić information content (AvgIpc) is 2.83. The molecule has 0 aliphatic rings. The average molecular weight is 575 g/mol. The summed E-state index contributed by atoms with van der Waals surface area (Å²) in [6.45, 7) is 0.315. The van der Waals surface area contributed by atoms with Gasteiger partial charge in [-0.2, -0.15) is 5.26 Å². The molecule has 1 amide bonds. The second-order valence-corrected chi connectivity index (χ2v) is 8.45. The van der Waals surface area contributed by atoms with Crippen LogP contribution in [0.3, 0.4) is 0 Å². The SMILES string of the molecule is COc1ccc(NC(=O)/C(C#N)=C\c2cc(Cl)c(OCc3ccc(I)cc3)c(OC)c2)cc1. The van der Waals surface area contributed by atoms with Gasteiger partial charge < -0.3 is 19.5 Å². The van der Waals surface area contributed by atoms with Crippen molar-refractivity contribution < 1.29 is 19.0 Å². The summed E-state index contributed by atoms with van der Waals surface area (Å²) in [4.78, 5) is 12.6. The van der Waals surface area contributed by atoms with Crippen molar-refractivity contribution in [3.8, 4) is 23.3 Å². The summed E-state index contributed by atoms with van der Waals surface area (Å²) in [5.74, 6) is 0.898. The van der Waals surface area contributed by atoms with Crippen LogP contribution in [0.4, 0.5) is 5.69 Å².